The van der Waals surface area contributed by atoms with Gasteiger partial charge in [-0.05, 0) is 32.7 Å². The first-order valence-corrected chi connectivity index (χ1v) is 5.89. The summed E-state index contributed by atoms with van der Waals surface area (Å²) in [5, 5.41) is 3.38. The van der Waals surface area contributed by atoms with Gasteiger partial charge < -0.3 is 10.1 Å². The van der Waals surface area contributed by atoms with E-state index in [1.54, 1.807) is 0 Å². The van der Waals surface area contributed by atoms with Gasteiger partial charge in [0.1, 0.15) is 0 Å². The third kappa shape index (κ3) is 2.47. The summed E-state index contributed by atoms with van der Waals surface area (Å²) in [5.74, 6) is 0. The number of ether oxygens (including phenoxy) is 1. The fourth-order valence-corrected chi connectivity index (χ4v) is 2.67. The van der Waals surface area contributed by atoms with Crippen molar-refractivity contribution in [2.75, 3.05) is 33.4 Å². The lowest BCUT2D eigenvalue weighted by molar-refractivity contribution is 0.00676. The summed E-state index contributed by atoms with van der Waals surface area (Å²) in [6.45, 7) is 4.17. The Morgan fingerprint density at radius 3 is 2.29 bits per heavy atom. The predicted molar refractivity (Wildman–Crippen MR) is 57.5 cm³/mol. The molecule has 3 nitrogen and oxygen atoms in total. The van der Waals surface area contributed by atoms with Gasteiger partial charge in [-0.2, -0.15) is 0 Å². The van der Waals surface area contributed by atoms with Crippen molar-refractivity contribution in [2.45, 2.75) is 37.8 Å². The van der Waals surface area contributed by atoms with Crippen molar-refractivity contribution in [3.05, 3.63) is 0 Å². The molecule has 14 heavy (non-hydrogen) atoms. The summed E-state index contributed by atoms with van der Waals surface area (Å²) >= 11 is 0. The van der Waals surface area contributed by atoms with Crippen LogP contribution in [0.3, 0.4) is 0 Å². The average Bonchev–Trinajstić information content (AvgIpc) is 2.30. The zero-order valence-electron chi connectivity index (χ0n) is 9.17. The normalized spacial score (nSPS) is 35.8. The Bertz CT molecular complexity index is 161. The van der Waals surface area contributed by atoms with E-state index in [9.17, 15) is 0 Å². The maximum atomic E-state index is 5.38. The second-order valence-electron chi connectivity index (χ2n) is 4.44. The molecule has 3 heteroatoms. The molecular weight excluding hydrogens is 176 g/mol. The Labute approximate surface area is 86.8 Å². The van der Waals surface area contributed by atoms with Crippen molar-refractivity contribution in [1.82, 2.24) is 10.2 Å². The molecule has 1 aliphatic carbocycles. The highest BCUT2D eigenvalue weighted by molar-refractivity contribution is 4.82. The second-order valence-corrected chi connectivity index (χ2v) is 4.44. The fourth-order valence-electron chi connectivity index (χ4n) is 2.67. The Balaban J connectivity index is 1.76. The summed E-state index contributed by atoms with van der Waals surface area (Å²) in [6, 6.07) is 1.61. The molecule has 1 aliphatic heterocycles. The van der Waals surface area contributed by atoms with E-state index in [2.05, 4.69) is 17.3 Å². The lowest BCUT2D eigenvalue weighted by Crippen LogP contribution is -2.46. The molecule has 0 amide bonds. The molecule has 1 saturated carbocycles. The van der Waals surface area contributed by atoms with Crippen molar-refractivity contribution in [3.63, 3.8) is 0 Å². The van der Waals surface area contributed by atoms with Gasteiger partial charge in [-0.1, -0.05) is 0 Å². The minimum Gasteiger partial charge on any atom is -0.379 e. The Hall–Kier alpha value is -0.120. The first kappa shape index (κ1) is 10.4. The monoisotopic (exact) mass is 198 g/mol. The summed E-state index contributed by atoms with van der Waals surface area (Å²) in [7, 11) is 2.08. The van der Waals surface area contributed by atoms with Crippen LogP contribution in [0.1, 0.15) is 25.7 Å². The van der Waals surface area contributed by atoms with Crippen molar-refractivity contribution < 1.29 is 4.74 Å². The largest absolute Gasteiger partial charge is 0.379 e. The first-order valence-electron chi connectivity index (χ1n) is 5.89. The molecule has 0 bridgehead atoms. The third-order valence-corrected chi connectivity index (χ3v) is 3.67. The minimum atomic E-state index is 0.771. The summed E-state index contributed by atoms with van der Waals surface area (Å²) in [4.78, 5) is 2.62. The van der Waals surface area contributed by atoms with E-state index in [1.165, 1.54) is 25.7 Å². The van der Waals surface area contributed by atoms with Crippen molar-refractivity contribution in [2.24, 2.45) is 0 Å². The molecule has 2 aliphatic rings. The zero-order chi connectivity index (χ0) is 9.80. The molecule has 0 radical (unpaired) electrons. The molecule has 0 unspecified atom stereocenters. The van der Waals surface area contributed by atoms with Crippen LogP contribution in [0.4, 0.5) is 0 Å². The molecular formula is C11H22N2O. The minimum absolute atomic E-state index is 0.771. The molecule has 0 spiro atoms. The lowest BCUT2D eigenvalue weighted by Gasteiger charge is -2.38. The Kier molecular flexibility index (Phi) is 3.79. The smallest absolute Gasteiger partial charge is 0.0594 e. The summed E-state index contributed by atoms with van der Waals surface area (Å²) < 4.78 is 5.38. The molecule has 0 aromatic carbocycles. The van der Waals surface area contributed by atoms with Crippen LogP contribution < -0.4 is 5.32 Å². The molecule has 82 valence electrons. The standard InChI is InChI=1S/C11H22N2O/c1-12-10-2-4-11(5-3-10)13-6-8-14-9-7-13/h10-12H,2-9H2,1H3/t10-,11-. The van der Waals surface area contributed by atoms with Crippen LogP contribution in [0.15, 0.2) is 0 Å². The molecule has 0 atom stereocenters. The second kappa shape index (κ2) is 5.10. The Morgan fingerprint density at radius 2 is 1.71 bits per heavy atom. The quantitative estimate of drug-likeness (QED) is 0.712. The van der Waals surface area contributed by atoms with Crippen molar-refractivity contribution in [1.29, 1.82) is 0 Å². The maximum absolute atomic E-state index is 5.38. The first-order chi connectivity index (χ1) is 6.90. The number of nitrogens with one attached hydrogen (secondary N) is 1. The zero-order valence-corrected chi connectivity index (χ0v) is 9.17. The highest BCUT2D eigenvalue weighted by Crippen LogP contribution is 2.23. The number of hydrogen-bond donors (Lipinski definition) is 1. The molecule has 1 heterocycles. The summed E-state index contributed by atoms with van der Waals surface area (Å²) in [5.41, 5.74) is 0. The predicted octanol–water partition coefficient (Wildman–Crippen LogP) is 0.849. The van der Waals surface area contributed by atoms with Gasteiger partial charge in [-0.15, -0.1) is 0 Å². The topological polar surface area (TPSA) is 24.5 Å². The number of hydrogen-bond acceptors (Lipinski definition) is 3. The van der Waals surface area contributed by atoms with E-state index in [4.69, 9.17) is 4.74 Å². The van der Waals surface area contributed by atoms with Gasteiger partial charge in [-0.25, -0.2) is 0 Å². The lowest BCUT2D eigenvalue weighted by atomic mass is 9.90. The van der Waals surface area contributed by atoms with Gasteiger partial charge in [0.15, 0.2) is 0 Å². The van der Waals surface area contributed by atoms with E-state index < -0.39 is 0 Å². The van der Waals surface area contributed by atoms with Crippen molar-refractivity contribution in [3.8, 4) is 0 Å². The SMILES string of the molecule is CN[C@H]1CC[C@H](N2CCOCC2)CC1. The third-order valence-electron chi connectivity index (χ3n) is 3.67. The molecule has 1 N–H and O–H groups in total. The molecule has 2 fully saturated rings. The van der Waals surface area contributed by atoms with Crippen LogP contribution in [0.5, 0.6) is 0 Å². The van der Waals surface area contributed by atoms with Gasteiger partial charge in [-0.3, -0.25) is 4.90 Å². The van der Waals surface area contributed by atoms with E-state index >= 15 is 0 Å². The van der Waals surface area contributed by atoms with E-state index in [0.29, 0.717) is 0 Å². The van der Waals surface area contributed by atoms with Crippen LogP contribution >= 0.6 is 0 Å². The molecule has 0 aromatic heterocycles. The van der Waals surface area contributed by atoms with Crippen LogP contribution in [0.25, 0.3) is 0 Å². The van der Waals surface area contributed by atoms with E-state index in [0.717, 1.165) is 38.4 Å². The van der Waals surface area contributed by atoms with E-state index in [-0.39, 0.29) is 0 Å². The number of nitrogens with zero attached hydrogens (tertiary/aromatic N) is 1. The highest BCUT2D eigenvalue weighted by Gasteiger charge is 2.25. The molecule has 2 rings (SSSR count). The van der Waals surface area contributed by atoms with Crippen LogP contribution in [-0.2, 0) is 4.74 Å². The van der Waals surface area contributed by atoms with Crippen molar-refractivity contribution >= 4 is 0 Å². The average molecular weight is 198 g/mol. The highest BCUT2D eigenvalue weighted by atomic mass is 16.5. The van der Waals surface area contributed by atoms with Crippen LogP contribution in [-0.4, -0.2) is 50.3 Å². The van der Waals surface area contributed by atoms with Gasteiger partial charge in [0.2, 0.25) is 0 Å². The van der Waals surface area contributed by atoms with Gasteiger partial charge in [0.05, 0.1) is 13.2 Å². The summed E-state index contributed by atoms with van der Waals surface area (Å²) in [6.07, 6.45) is 5.42. The number of rotatable bonds is 2. The Morgan fingerprint density at radius 1 is 1.07 bits per heavy atom. The number of morpholine rings is 1. The maximum Gasteiger partial charge on any atom is 0.0594 e. The van der Waals surface area contributed by atoms with E-state index in [1.807, 2.05) is 0 Å². The van der Waals surface area contributed by atoms with Gasteiger partial charge in [0, 0.05) is 25.2 Å². The molecule has 1 saturated heterocycles. The fraction of sp³-hybridized carbons (Fsp3) is 1.00. The van der Waals surface area contributed by atoms with Gasteiger partial charge in [0.25, 0.3) is 0 Å². The molecule has 0 aromatic rings. The van der Waals surface area contributed by atoms with Gasteiger partial charge >= 0.3 is 0 Å². The van der Waals surface area contributed by atoms with Crippen LogP contribution in [0.2, 0.25) is 0 Å². The van der Waals surface area contributed by atoms with Crippen LogP contribution in [0, 0.1) is 0 Å².